The highest BCUT2D eigenvalue weighted by atomic mass is 16.5. The first-order valence-corrected chi connectivity index (χ1v) is 10.8. The van der Waals surface area contributed by atoms with Crippen LogP contribution >= 0.6 is 0 Å². The normalized spacial score (nSPS) is 23.9. The second-order valence-electron chi connectivity index (χ2n) is 8.91. The quantitative estimate of drug-likeness (QED) is 0.805. The predicted octanol–water partition coefficient (Wildman–Crippen LogP) is 1.59. The summed E-state index contributed by atoms with van der Waals surface area (Å²) in [5, 5.41) is 11.5. The van der Waals surface area contributed by atoms with Gasteiger partial charge in [-0.05, 0) is 49.9 Å². The first-order valence-electron chi connectivity index (χ1n) is 10.8. The van der Waals surface area contributed by atoms with Crippen LogP contribution in [0.2, 0.25) is 0 Å². The van der Waals surface area contributed by atoms with Gasteiger partial charge in [0.1, 0.15) is 18.0 Å². The molecule has 7 nitrogen and oxygen atoms in total. The summed E-state index contributed by atoms with van der Waals surface area (Å²) in [4.78, 5) is 29.6. The van der Waals surface area contributed by atoms with Crippen molar-refractivity contribution >= 4 is 11.8 Å². The molecule has 1 N–H and O–H groups in total. The maximum atomic E-state index is 12.1. The van der Waals surface area contributed by atoms with Gasteiger partial charge < -0.3 is 19.6 Å². The molecule has 2 aliphatic heterocycles. The fraction of sp³-hybridized carbons (Fsp3) is 0.652. The number of hydrogen-bond donors (Lipinski definition) is 1. The van der Waals surface area contributed by atoms with E-state index in [2.05, 4.69) is 11.8 Å². The number of β-amino-alcohol motifs (C(OH)–C–C–N with tert-alkyl or cyclic N) is 1. The lowest BCUT2D eigenvalue weighted by atomic mass is 9.99. The molecule has 2 fully saturated rings. The molecule has 30 heavy (non-hydrogen) atoms. The van der Waals surface area contributed by atoms with Gasteiger partial charge in [0.15, 0.2) is 0 Å². The summed E-state index contributed by atoms with van der Waals surface area (Å²) in [6, 6.07) is 6.20. The van der Waals surface area contributed by atoms with E-state index in [1.807, 2.05) is 30.0 Å². The Hall–Kier alpha value is -2.12. The predicted molar refractivity (Wildman–Crippen MR) is 115 cm³/mol. The molecule has 0 saturated carbocycles. The highest BCUT2D eigenvalue weighted by Gasteiger charge is 2.39. The molecule has 1 aromatic carbocycles. The third-order valence-corrected chi connectivity index (χ3v) is 6.50. The van der Waals surface area contributed by atoms with Crippen LogP contribution in [0.5, 0.6) is 5.75 Å². The van der Waals surface area contributed by atoms with Crippen molar-refractivity contribution in [2.24, 2.45) is 0 Å². The largest absolute Gasteiger partial charge is 0.490 e. The van der Waals surface area contributed by atoms with Crippen LogP contribution in [-0.2, 0) is 9.59 Å². The third-order valence-electron chi connectivity index (χ3n) is 6.50. The molecular weight excluding hydrogens is 382 g/mol. The topological polar surface area (TPSA) is 73.3 Å². The summed E-state index contributed by atoms with van der Waals surface area (Å²) in [5.41, 5.74) is 1.18. The maximum absolute atomic E-state index is 12.1. The van der Waals surface area contributed by atoms with E-state index in [4.69, 9.17) is 4.74 Å². The summed E-state index contributed by atoms with van der Waals surface area (Å²) in [5.74, 6) is 0.810. The van der Waals surface area contributed by atoms with Gasteiger partial charge in [-0.25, -0.2) is 0 Å². The van der Waals surface area contributed by atoms with Crippen molar-refractivity contribution < 1.29 is 19.4 Å². The summed E-state index contributed by atoms with van der Waals surface area (Å²) in [6.07, 6.45) is 1.77. The van der Waals surface area contributed by atoms with Crippen LogP contribution in [0, 0.1) is 13.8 Å². The zero-order chi connectivity index (χ0) is 21.9. The number of nitrogens with zero attached hydrogens (tertiary/aromatic N) is 3. The minimum atomic E-state index is -1.15. The van der Waals surface area contributed by atoms with Crippen molar-refractivity contribution in [2.75, 3.05) is 45.9 Å². The lowest BCUT2D eigenvalue weighted by molar-refractivity contribution is -0.132. The van der Waals surface area contributed by atoms with Crippen molar-refractivity contribution in [1.29, 1.82) is 0 Å². The van der Waals surface area contributed by atoms with Crippen molar-refractivity contribution in [3.8, 4) is 5.75 Å². The number of amides is 2. The number of ether oxygens (including phenoxy) is 1. The molecule has 1 atom stereocenters. The minimum absolute atomic E-state index is 0.0344. The van der Waals surface area contributed by atoms with E-state index < -0.39 is 5.60 Å². The van der Waals surface area contributed by atoms with Crippen molar-refractivity contribution in [1.82, 2.24) is 14.7 Å². The van der Waals surface area contributed by atoms with E-state index in [0.717, 1.165) is 43.8 Å². The van der Waals surface area contributed by atoms with Crippen LogP contribution in [0.25, 0.3) is 0 Å². The van der Waals surface area contributed by atoms with Gasteiger partial charge in [0.2, 0.25) is 11.8 Å². The van der Waals surface area contributed by atoms with Gasteiger partial charge in [-0.1, -0.05) is 6.07 Å². The Labute approximate surface area is 179 Å². The summed E-state index contributed by atoms with van der Waals surface area (Å²) >= 11 is 0. The lowest BCUT2D eigenvalue weighted by Crippen LogP contribution is -2.54. The molecule has 166 valence electrons. The Balaban J connectivity index is 1.70. The zero-order valence-corrected chi connectivity index (χ0v) is 18.7. The van der Waals surface area contributed by atoms with Gasteiger partial charge in [0.25, 0.3) is 0 Å². The van der Waals surface area contributed by atoms with E-state index in [1.165, 1.54) is 5.56 Å². The molecule has 2 aliphatic rings. The standard InChI is InChI=1S/C23H35N3O4/c1-17-5-6-22(13-18(17)2)30-16-23(29)14-25(20(4)28)11-12-26(15-23)21-7-9-24(10-8-21)19(3)27/h5-6,13,21,29H,7-12,14-16H2,1-4H3/t23-/m1/s1. The highest BCUT2D eigenvalue weighted by Crippen LogP contribution is 2.24. The summed E-state index contributed by atoms with van der Waals surface area (Å²) < 4.78 is 5.98. The molecule has 0 unspecified atom stereocenters. The Morgan fingerprint density at radius 2 is 1.67 bits per heavy atom. The Bertz CT molecular complexity index is 776. The zero-order valence-electron chi connectivity index (χ0n) is 18.7. The molecule has 0 spiro atoms. The van der Waals surface area contributed by atoms with Gasteiger partial charge in [-0.3, -0.25) is 14.5 Å². The SMILES string of the molecule is CC(=O)N1CCC(N2CCN(C(C)=O)C[C@](O)(COc3ccc(C)c(C)c3)C2)CC1. The van der Waals surface area contributed by atoms with E-state index in [0.29, 0.717) is 19.1 Å². The fourth-order valence-corrected chi connectivity index (χ4v) is 4.43. The van der Waals surface area contributed by atoms with E-state index in [9.17, 15) is 14.7 Å². The first-order chi connectivity index (χ1) is 14.2. The Morgan fingerprint density at radius 3 is 2.27 bits per heavy atom. The maximum Gasteiger partial charge on any atom is 0.219 e. The lowest BCUT2D eigenvalue weighted by Gasteiger charge is -2.40. The molecule has 7 heteroatoms. The molecular formula is C23H35N3O4. The number of aliphatic hydroxyl groups is 1. The Kier molecular flexibility index (Phi) is 7.03. The van der Waals surface area contributed by atoms with Gasteiger partial charge in [0, 0.05) is 52.6 Å². The van der Waals surface area contributed by atoms with Gasteiger partial charge in [-0.15, -0.1) is 0 Å². The number of aryl methyl sites for hydroxylation is 2. The molecule has 2 heterocycles. The molecule has 0 bridgehead atoms. The molecule has 0 radical (unpaired) electrons. The van der Waals surface area contributed by atoms with Crippen LogP contribution in [0.15, 0.2) is 18.2 Å². The number of rotatable bonds is 4. The van der Waals surface area contributed by atoms with Crippen molar-refractivity contribution in [3.05, 3.63) is 29.3 Å². The smallest absolute Gasteiger partial charge is 0.219 e. The van der Waals surface area contributed by atoms with E-state index in [1.54, 1.807) is 18.7 Å². The van der Waals surface area contributed by atoms with E-state index >= 15 is 0 Å². The average Bonchev–Trinajstić information content (AvgIpc) is 2.89. The average molecular weight is 418 g/mol. The molecule has 3 rings (SSSR count). The van der Waals surface area contributed by atoms with Gasteiger partial charge in [0.05, 0.1) is 6.54 Å². The van der Waals surface area contributed by atoms with Crippen LogP contribution < -0.4 is 4.74 Å². The van der Waals surface area contributed by atoms with Crippen LogP contribution in [0.3, 0.4) is 0 Å². The van der Waals surface area contributed by atoms with Gasteiger partial charge >= 0.3 is 0 Å². The molecule has 1 aromatic rings. The summed E-state index contributed by atoms with van der Waals surface area (Å²) in [7, 11) is 0. The molecule has 0 aromatic heterocycles. The second-order valence-corrected chi connectivity index (χ2v) is 8.91. The van der Waals surface area contributed by atoms with Crippen LogP contribution in [-0.4, -0.2) is 89.1 Å². The number of hydrogen-bond acceptors (Lipinski definition) is 5. The minimum Gasteiger partial charge on any atom is -0.490 e. The number of piperidine rings is 1. The number of carbonyl (C=O) groups excluding carboxylic acids is 2. The third kappa shape index (κ3) is 5.52. The van der Waals surface area contributed by atoms with Crippen LogP contribution in [0.1, 0.15) is 37.8 Å². The second kappa shape index (κ2) is 9.35. The molecule has 2 amide bonds. The first kappa shape index (κ1) is 22.6. The van der Waals surface area contributed by atoms with Crippen molar-refractivity contribution in [3.63, 3.8) is 0 Å². The summed E-state index contributed by atoms with van der Waals surface area (Å²) in [6.45, 7) is 10.9. The van der Waals surface area contributed by atoms with Gasteiger partial charge in [-0.2, -0.15) is 0 Å². The fourth-order valence-electron chi connectivity index (χ4n) is 4.43. The number of likely N-dealkylation sites (tertiary alicyclic amines) is 1. The van der Waals surface area contributed by atoms with Crippen LogP contribution in [0.4, 0.5) is 0 Å². The monoisotopic (exact) mass is 417 g/mol. The molecule has 2 saturated heterocycles. The highest BCUT2D eigenvalue weighted by molar-refractivity contribution is 5.73. The number of benzene rings is 1. The molecule has 0 aliphatic carbocycles. The van der Waals surface area contributed by atoms with Crippen molar-refractivity contribution in [2.45, 2.75) is 52.2 Å². The Morgan fingerprint density at radius 1 is 1.00 bits per heavy atom. The van der Waals surface area contributed by atoms with E-state index in [-0.39, 0.29) is 25.0 Å². The number of carbonyl (C=O) groups is 2.